The molecule has 2 aromatic carbocycles. The number of rotatable bonds is 3. The van der Waals surface area contributed by atoms with Crippen molar-refractivity contribution in [1.29, 1.82) is 5.41 Å². The zero-order valence-corrected chi connectivity index (χ0v) is 18.1. The number of aromatic nitrogens is 1. The second-order valence-corrected chi connectivity index (χ2v) is 9.39. The molecule has 1 aliphatic heterocycles. The van der Waals surface area contributed by atoms with E-state index >= 15 is 0 Å². The quantitative estimate of drug-likeness (QED) is 0.503. The maximum Gasteiger partial charge on any atom is 0.139 e. The van der Waals surface area contributed by atoms with E-state index in [-0.39, 0.29) is 23.6 Å². The van der Waals surface area contributed by atoms with Gasteiger partial charge in [-0.1, -0.05) is 56.6 Å². The Kier molecular flexibility index (Phi) is 4.97. The smallest absolute Gasteiger partial charge is 0.139 e. The van der Waals surface area contributed by atoms with Crippen LogP contribution in [0.2, 0.25) is 5.02 Å². The fourth-order valence-electron chi connectivity index (χ4n) is 3.31. The number of anilines is 1. The van der Waals surface area contributed by atoms with Crippen molar-refractivity contribution < 1.29 is 5.11 Å². The first-order valence-corrected chi connectivity index (χ1v) is 10.6. The van der Waals surface area contributed by atoms with E-state index in [1.54, 1.807) is 4.90 Å². The highest BCUT2D eigenvalue weighted by Crippen LogP contribution is 2.35. The Hall–Kier alpha value is -2.63. The summed E-state index contributed by atoms with van der Waals surface area (Å²) in [6.45, 7) is 6.79. The van der Waals surface area contributed by atoms with E-state index in [4.69, 9.17) is 17.0 Å². The van der Waals surface area contributed by atoms with Crippen LogP contribution < -0.4 is 4.90 Å². The molecule has 3 aromatic rings. The summed E-state index contributed by atoms with van der Waals surface area (Å²) in [5.41, 5.74) is 4.45. The SMILES string of the molecule is CC(C)(C)c1ccc(N2CC(O)=C(c3nc(-c4ccc(Cl)cc4)cs3)C2=N)cc1. The van der Waals surface area contributed by atoms with Gasteiger partial charge in [-0.3, -0.25) is 5.41 Å². The fraction of sp³-hybridized carbons (Fsp3) is 0.217. The van der Waals surface area contributed by atoms with Gasteiger partial charge in [-0.25, -0.2) is 4.98 Å². The van der Waals surface area contributed by atoms with Crippen LogP contribution >= 0.6 is 22.9 Å². The van der Waals surface area contributed by atoms with Gasteiger partial charge in [0.1, 0.15) is 16.6 Å². The second-order valence-electron chi connectivity index (χ2n) is 8.10. The van der Waals surface area contributed by atoms with Crippen molar-refractivity contribution in [3.8, 4) is 11.3 Å². The van der Waals surface area contributed by atoms with Crippen LogP contribution in [-0.4, -0.2) is 22.5 Å². The maximum absolute atomic E-state index is 10.6. The molecule has 4 rings (SSSR count). The molecule has 0 spiro atoms. The number of nitrogens with one attached hydrogen (secondary N) is 1. The van der Waals surface area contributed by atoms with Gasteiger partial charge in [0.2, 0.25) is 0 Å². The van der Waals surface area contributed by atoms with Crippen molar-refractivity contribution in [3.05, 3.63) is 75.3 Å². The third-order valence-electron chi connectivity index (χ3n) is 5.01. The normalized spacial score (nSPS) is 14.8. The summed E-state index contributed by atoms with van der Waals surface area (Å²) >= 11 is 7.39. The van der Waals surface area contributed by atoms with Gasteiger partial charge in [0.25, 0.3) is 0 Å². The molecule has 0 saturated carbocycles. The number of aliphatic hydroxyl groups excluding tert-OH is 1. The Bertz CT molecular complexity index is 1090. The molecule has 1 aromatic heterocycles. The minimum Gasteiger partial charge on any atom is -0.510 e. The molecule has 1 aliphatic rings. The molecule has 0 atom stereocenters. The van der Waals surface area contributed by atoms with Crippen LogP contribution in [0, 0.1) is 5.41 Å². The van der Waals surface area contributed by atoms with Gasteiger partial charge in [-0.2, -0.15) is 0 Å². The van der Waals surface area contributed by atoms with Crippen molar-refractivity contribution in [2.24, 2.45) is 0 Å². The Morgan fingerprint density at radius 3 is 2.34 bits per heavy atom. The van der Waals surface area contributed by atoms with E-state index in [2.05, 4.69) is 37.9 Å². The highest BCUT2D eigenvalue weighted by Gasteiger charge is 2.31. The van der Waals surface area contributed by atoms with Gasteiger partial charge in [-0.15, -0.1) is 11.3 Å². The van der Waals surface area contributed by atoms with Gasteiger partial charge >= 0.3 is 0 Å². The maximum atomic E-state index is 10.6. The lowest BCUT2D eigenvalue weighted by Gasteiger charge is -2.22. The third-order valence-corrected chi connectivity index (χ3v) is 6.12. The number of thiazole rings is 1. The molecule has 2 N–H and O–H groups in total. The van der Waals surface area contributed by atoms with Gasteiger partial charge in [0.15, 0.2) is 0 Å². The molecule has 0 fully saturated rings. The van der Waals surface area contributed by atoms with Gasteiger partial charge in [-0.05, 0) is 35.2 Å². The molecule has 148 valence electrons. The Labute approximate surface area is 179 Å². The van der Waals surface area contributed by atoms with Crippen LogP contribution in [0.1, 0.15) is 31.3 Å². The van der Waals surface area contributed by atoms with E-state index in [9.17, 15) is 5.11 Å². The number of hydrogen-bond donors (Lipinski definition) is 2. The fourth-order valence-corrected chi connectivity index (χ4v) is 4.33. The minimum atomic E-state index is 0.0710. The van der Waals surface area contributed by atoms with Crippen molar-refractivity contribution >= 4 is 40.0 Å². The molecule has 2 heterocycles. The van der Waals surface area contributed by atoms with Crippen molar-refractivity contribution in [3.63, 3.8) is 0 Å². The van der Waals surface area contributed by atoms with Gasteiger partial charge in [0, 0.05) is 21.7 Å². The first kappa shape index (κ1) is 19.7. The zero-order chi connectivity index (χ0) is 20.8. The summed E-state index contributed by atoms with van der Waals surface area (Å²) in [6.07, 6.45) is 0. The predicted molar refractivity (Wildman–Crippen MR) is 122 cm³/mol. The number of aliphatic hydroxyl groups is 1. The van der Waals surface area contributed by atoms with Crippen LogP contribution in [0.3, 0.4) is 0 Å². The summed E-state index contributed by atoms with van der Waals surface area (Å²) < 4.78 is 0. The van der Waals surface area contributed by atoms with Crippen molar-refractivity contribution in [1.82, 2.24) is 4.98 Å². The largest absolute Gasteiger partial charge is 0.510 e. The number of amidine groups is 1. The van der Waals surface area contributed by atoms with E-state index in [1.165, 1.54) is 16.9 Å². The monoisotopic (exact) mass is 423 g/mol. The summed E-state index contributed by atoms with van der Waals surface area (Å²) in [4.78, 5) is 6.46. The Morgan fingerprint density at radius 1 is 1.07 bits per heavy atom. The Balaban J connectivity index is 1.59. The van der Waals surface area contributed by atoms with E-state index < -0.39 is 0 Å². The van der Waals surface area contributed by atoms with Crippen LogP contribution in [-0.2, 0) is 5.41 Å². The Morgan fingerprint density at radius 2 is 1.72 bits per heavy atom. The second kappa shape index (κ2) is 7.32. The highest BCUT2D eigenvalue weighted by atomic mass is 35.5. The molecule has 0 radical (unpaired) electrons. The van der Waals surface area contributed by atoms with E-state index in [1.807, 2.05) is 41.8 Å². The molecule has 0 unspecified atom stereocenters. The van der Waals surface area contributed by atoms with E-state index in [0.717, 1.165) is 16.9 Å². The summed E-state index contributed by atoms with van der Waals surface area (Å²) in [5, 5.41) is 22.5. The molecule has 4 nitrogen and oxygen atoms in total. The molecule has 0 saturated heterocycles. The molecule has 6 heteroatoms. The average Bonchev–Trinajstić information content (AvgIpc) is 3.26. The van der Waals surface area contributed by atoms with Gasteiger partial charge in [0.05, 0.1) is 17.8 Å². The number of nitrogens with zero attached hydrogens (tertiary/aromatic N) is 2. The lowest BCUT2D eigenvalue weighted by Crippen LogP contribution is -2.26. The summed E-state index contributed by atoms with van der Waals surface area (Å²) in [6, 6.07) is 15.7. The summed E-state index contributed by atoms with van der Waals surface area (Å²) in [5.74, 6) is 0.440. The molecule has 29 heavy (non-hydrogen) atoms. The van der Waals surface area contributed by atoms with Crippen molar-refractivity contribution in [2.45, 2.75) is 26.2 Å². The summed E-state index contributed by atoms with van der Waals surface area (Å²) in [7, 11) is 0. The zero-order valence-electron chi connectivity index (χ0n) is 16.5. The predicted octanol–water partition coefficient (Wildman–Crippen LogP) is 6.53. The molecular weight excluding hydrogens is 402 g/mol. The van der Waals surface area contributed by atoms with Gasteiger partial charge < -0.3 is 10.0 Å². The first-order valence-electron chi connectivity index (χ1n) is 9.35. The third kappa shape index (κ3) is 3.80. The topological polar surface area (TPSA) is 60.2 Å². The van der Waals surface area contributed by atoms with Crippen LogP contribution in [0.25, 0.3) is 16.8 Å². The molecular formula is C23H22ClN3OS. The highest BCUT2D eigenvalue weighted by molar-refractivity contribution is 7.11. The average molecular weight is 424 g/mol. The number of benzene rings is 2. The first-order chi connectivity index (χ1) is 13.7. The van der Waals surface area contributed by atoms with Crippen LogP contribution in [0.5, 0.6) is 0 Å². The lowest BCUT2D eigenvalue weighted by atomic mass is 9.87. The van der Waals surface area contributed by atoms with Crippen molar-refractivity contribution in [2.75, 3.05) is 11.4 Å². The van der Waals surface area contributed by atoms with E-state index in [0.29, 0.717) is 15.6 Å². The van der Waals surface area contributed by atoms with Crippen LogP contribution in [0.15, 0.2) is 59.7 Å². The minimum absolute atomic E-state index is 0.0710. The molecule has 0 bridgehead atoms. The molecule has 0 amide bonds. The molecule has 0 aliphatic carbocycles. The number of halogens is 1. The standard InChI is InChI=1S/C23H22ClN3OS/c1-23(2,3)15-6-10-17(11-7-15)27-12-19(28)20(21(27)25)22-26-18(13-29-22)14-4-8-16(24)9-5-14/h4-11,13,25,28H,12H2,1-3H3. The van der Waals surface area contributed by atoms with Crippen LogP contribution in [0.4, 0.5) is 5.69 Å². The lowest BCUT2D eigenvalue weighted by molar-refractivity contribution is 0.411. The number of hydrogen-bond acceptors (Lipinski definition) is 4.